The second kappa shape index (κ2) is 5.70. The van der Waals surface area contributed by atoms with E-state index in [1.54, 1.807) is 6.20 Å². The van der Waals surface area contributed by atoms with Crippen LogP contribution in [0.1, 0.15) is 53.9 Å². The second-order valence-corrected chi connectivity index (χ2v) is 6.49. The lowest BCUT2D eigenvalue weighted by molar-refractivity contribution is 0.202. The standard InChI is InChI=1S/C16H21BrN2O/c1-9(2)19-15(13(17)8-18-19)16(20)14-11(4)6-10(3)7-12(14)5/h6-9,16,20H,1-5H3. The summed E-state index contributed by atoms with van der Waals surface area (Å²) in [6, 6.07) is 4.42. The Balaban J connectivity index is 2.58. The summed E-state index contributed by atoms with van der Waals surface area (Å²) in [4.78, 5) is 0. The van der Waals surface area contributed by atoms with Gasteiger partial charge in [0.2, 0.25) is 0 Å². The van der Waals surface area contributed by atoms with Crippen molar-refractivity contribution in [2.24, 2.45) is 0 Å². The molecule has 0 fully saturated rings. The third kappa shape index (κ3) is 2.67. The number of rotatable bonds is 3. The molecule has 2 aromatic rings. The molecule has 1 aromatic heterocycles. The minimum absolute atomic E-state index is 0.206. The highest BCUT2D eigenvalue weighted by Crippen LogP contribution is 2.33. The Bertz CT molecular complexity index is 608. The first-order chi connectivity index (χ1) is 9.32. The molecule has 108 valence electrons. The summed E-state index contributed by atoms with van der Waals surface area (Å²) in [7, 11) is 0. The molecule has 0 spiro atoms. The van der Waals surface area contributed by atoms with Crippen molar-refractivity contribution in [1.82, 2.24) is 9.78 Å². The molecule has 1 unspecified atom stereocenters. The molecule has 0 aliphatic rings. The summed E-state index contributed by atoms with van der Waals surface area (Å²) in [5.41, 5.74) is 5.22. The van der Waals surface area contributed by atoms with Gasteiger partial charge in [0.1, 0.15) is 6.10 Å². The number of aryl methyl sites for hydroxylation is 3. The van der Waals surface area contributed by atoms with Crippen molar-refractivity contribution in [3.05, 3.63) is 50.8 Å². The Morgan fingerprint density at radius 1 is 1.15 bits per heavy atom. The predicted octanol–water partition coefficient (Wildman–Crippen LogP) is 4.23. The third-order valence-electron chi connectivity index (χ3n) is 3.55. The van der Waals surface area contributed by atoms with Crippen LogP contribution < -0.4 is 0 Å². The average molecular weight is 337 g/mol. The van der Waals surface area contributed by atoms with E-state index >= 15 is 0 Å². The lowest BCUT2D eigenvalue weighted by Crippen LogP contribution is -2.14. The second-order valence-electron chi connectivity index (χ2n) is 5.63. The van der Waals surface area contributed by atoms with E-state index in [4.69, 9.17) is 0 Å². The number of benzene rings is 1. The van der Waals surface area contributed by atoms with Crippen LogP contribution in [0.2, 0.25) is 0 Å². The van der Waals surface area contributed by atoms with Crippen LogP contribution in [0.15, 0.2) is 22.8 Å². The monoisotopic (exact) mass is 336 g/mol. The zero-order chi connectivity index (χ0) is 15.0. The lowest BCUT2D eigenvalue weighted by atomic mass is 9.94. The average Bonchev–Trinajstić information content (AvgIpc) is 2.69. The molecule has 0 saturated carbocycles. The molecule has 0 bridgehead atoms. The number of halogens is 1. The van der Waals surface area contributed by atoms with E-state index in [1.165, 1.54) is 5.56 Å². The van der Waals surface area contributed by atoms with Gasteiger partial charge in [-0.25, -0.2) is 0 Å². The van der Waals surface area contributed by atoms with Gasteiger partial charge in [0.25, 0.3) is 0 Å². The number of aromatic nitrogens is 2. The third-order valence-corrected chi connectivity index (χ3v) is 4.16. The highest BCUT2D eigenvalue weighted by atomic mass is 79.9. The fraction of sp³-hybridized carbons (Fsp3) is 0.438. The zero-order valence-corrected chi connectivity index (χ0v) is 14.2. The fourth-order valence-electron chi connectivity index (χ4n) is 2.78. The van der Waals surface area contributed by atoms with Crippen molar-refractivity contribution in [3.63, 3.8) is 0 Å². The molecule has 0 saturated heterocycles. The van der Waals surface area contributed by atoms with Gasteiger partial charge in [-0.2, -0.15) is 5.10 Å². The first-order valence-electron chi connectivity index (χ1n) is 6.81. The van der Waals surface area contributed by atoms with Crippen molar-refractivity contribution < 1.29 is 5.11 Å². The van der Waals surface area contributed by atoms with Gasteiger partial charge in [-0.15, -0.1) is 0 Å². The first-order valence-corrected chi connectivity index (χ1v) is 7.61. The molecule has 20 heavy (non-hydrogen) atoms. The van der Waals surface area contributed by atoms with Crippen LogP contribution >= 0.6 is 15.9 Å². The summed E-state index contributed by atoms with van der Waals surface area (Å²) in [6.45, 7) is 10.3. The molecule has 0 aliphatic heterocycles. The minimum Gasteiger partial charge on any atom is -0.382 e. The molecule has 1 heterocycles. The summed E-state index contributed by atoms with van der Waals surface area (Å²) >= 11 is 3.50. The molecule has 0 amide bonds. The fourth-order valence-corrected chi connectivity index (χ4v) is 3.27. The van der Waals surface area contributed by atoms with Crippen LogP contribution in [0, 0.1) is 20.8 Å². The van der Waals surface area contributed by atoms with E-state index in [1.807, 2.05) is 18.5 Å². The Kier molecular flexibility index (Phi) is 4.35. The molecular formula is C16H21BrN2O. The van der Waals surface area contributed by atoms with E-state index in [9.17, 15) is 5.11 Å². The number of nitrogens with zero attached hydrogens (tertiary/aromatic N) is 2. The minimum atomic E-state index is -0.671. The van der Waals surface area contributed by atoms with Gasteiger partial charge in [0.05, 0.1) is 16.4 Å². The van der Waals surface area contributed by atoms with Crippen LogP contribution in [0.4, 0.5) is 0 Å². The van der Waals surface area contributed by atoms with Crippen molar-refractivity contribution in [3.8, 4) is 0 Å². The Hall–Kier alpha value is -1.13. The molecule has 2 rings (SSSR count). The molecular weight excluding hydrogens is 316 g/mol. The van der Waals surface area contributed by atoms with E-state index in [0.717, 1.165) is 26.9 Å². The van der Waals surface area contributed by atoms with E-state index in [2.05, 4.69) is 53.9 Å². The smallest absolute Gasteiger partial charge is 0.122 e. The van der Waals surface area contributed by atoms with E-state index in [-0.39, 0.29) is 6.04 Å². The van der Waals surface area contributed by atoms with Gasteiger partial charge in [0.15, 0.2) is 0 Å². The Morgan fingerprint density at radius 3 is 2.20 bits per heavy atom. The highest BCUT2D eigenvalue weighted by Gasteiger charge is 2.23. The maximum absolute atomic E-state index is 10.9. The van der Waals surface area contributed by atoms with Gasteiger partial charge in [-0.1, -0.05) is 17.7 Å². The summed E-state index contributed by atoms with van der Waals surface area (Å²) in [5.74, 6) is 0. The van der Waals surface area contributed by atoms with Gasteiger partial charge in [-0.05, 0) is 67.2 Å². The van der Waals surface area contributed by atoms with Crippen molar-refractivity contribution in [2.45, 2.75) is 46.8 Å². The number of aliphatic hydroxyl groups excluding tert-OH is 1. The van der Waals surface area contributed by atoms with Gasteiger partial charge < -0.3 is 5.11 Å². The number of aliphatic hydroxyl groups is 1. The van der Waals surface area contributed by atoms with Crippen molar-refractivity contribution in [2.75, 3.05) is 0 Å². The van der Waals surface area contributed by atoms with Crippen LogP contribution in [0.5, 0.6) is 0 Å². The van der Waals surface area contributed by atoms with E-state index in [0.29, 0.717) is 0 Å². The molecule has 1 atom stereocenters. The molecule has 0 aliphatic carbocycles. The maximum atomic E-state index is 10.9. The van der Waals surface area contributed by atoms with Crippen molar-refractivity contribution >= 4 is 15.9 Å². The topological polar surface area (TPSA) is 38.1 Å². The molecule has 4 heteroatoms. The normalized spacial score (nSPS) is 13.0. The molecule has 0 radical (unpaired) electrons. The predicted molar refractivity (Wildman–Crippen MR) is 85.0 cm³/mol. The summed E-state index contributed by atoms with van der Waals surface area (Å²) in [6.07, 6.45) is 1.08. The SMILES string of the molecule is Cc1cc(C)c(C(O)c2c(Br)cnn2C(C)C)c(C)c1. The van der Waals surface area contributed by atoms with Crippen LogP contribution in [-0.4, -0.2) is 14.9 Å². The van der Waals surface area contributed by atoms with Crippen LogP contribution in [0.3, 0.4) is 0 Å². The van der Waals surface area contributed by atoms with Crippen LogP contribution in [0.25, 0.3) is 0 Å². The Morgan fingerprint density at radius 2 is 1.70 bits per heavy atom. The van der Waals surface area contributed by atoms with Crippen molar-refractivity contribution in [1.29, 1.82) is 0 Å². The molecule has 1 aromatic carbocycles. The van der Waals surface area contributed by atoms with Crippen LogP contribution in [-0.2, 0) is 0 Å². The summed E-state index contributed by atoms with van der Waals surface area (Å²) in [5, 5.41) is 15.2. The number of hydrogen-bond donors (Lipinski definition) is 1. The largest absolute Gasteiger partial charge is 0.382 e. The quantitative estimate of drug-likeness (QED) is 0.910. The molecule has 1 N–H and O–H groups in total. The maximum Gasteiger partial charge on any atom is 0.122 e. The lowest BCUT2D eigenvalue weighted by Gasteiger charge is -2.21. The first kappa shape index (κ1) is 15.3. The zero-order valence-electron chi connectivity index (χ0n) is 12.6. The number of hydrogen-bond acceptors (Lipinski definition) is 2. The van der Waals surface area contributed by atoms with E-state index < -0.39 is 6.10 Å². The molecule has 3 nitrogen and oxygen atoms in total. The van der Waals surface area contributed by atoms with Gasteiger partial charge >= 0.3 is 0 Å². The summed E-state index contributed by atoms with van der Waals surface area (Å²) < 4.78 is 2.71. The van der Waals surface area contributed by atoms with Gasteiger partial charge in [-0.3, -0.25) is 4.68 Å². The highest BCUT2D eigenvalue weighted by molar-refractivity contribution is 9.10. The van der Waals surface area contributed by atoms with Gasteiger partial charge in [0, 0.05) is 6.04 Å². The Labute approximate surface area is 128 Å².